The third-order valence-corrected chi connectivity index (χ3v) is 7.81. The molecular weight excluding hydrogens is 416 g/mol. The van der Waals surface area contributed by atoms with Crippen molar-refractivity contribution in [2.45, 2.75) is 53.4 Å². The third-order valence-electron chi connectivity index (χ3n) is 6.64. The first kappa shape index (κ1) is 22.9. The number of rotatable bonds is 6. The Bertz CT molecular complexity index is 1040. The predicted octanol–water partition coefficient (Wildman–Crippen LogP) is 5.54. The first-order valence-corrected chi connectivity index (χ1v) is 11.2. The van der Waals surface area contributed by atoms with Gasteiger partial charge in [-0.2, -0.15) is 0 Å². The first-order valence-electron chi connectivity index (χ1n) is 10.4. The van der Waals surface area contributed by atoms with Gasteiger partial charge in [-0.15, -0.1) is 11.3 Å². The number of fused-ring (bicyclic) bond motifs is 1. The van der Waals surface area contributed by atoms with Crippen LogP contribution in [0.5, 0.6) is 0 Å². The minimum Gasteiger partial charge on any atom is -0.465 e. The van der Waals surface area contributed by atoms with Crippen molar-refractivity contribution in [3.05, 3.63) is 55.4 Å². The van der Waals surface area contributed by atoms with Gasteiger partial charge in [0.15, 0.2) is 0 Å². The number of hydrogen-bond donors (Lipinski definition) is 1. The zero-order chi connectivity index (χ0) is 22.9. The summed E-state index contributed by atoms with van der Waals surface area (Å²) in [7, 11) is 1.33. The number of thiophene rings is 1. The second-order valence-electron chi connectivity index (χ2n) is 8.64. The fourth-order valence-corrected chi connectivity index (χ4v) is 5.50. The van der Waals surface area contributed by atoms with E-state index in [4.69, 9.17) is 4.74 Å². The largest absolute Gasteiger partial charge is 0.465 e. The summed E-state index contributed by atoms with van der Waals surface area (Å²) in [5, 5.41) is 14.5. The summed E-state index contributed by atoms with van der Waals surface area (Å²) in [6, 6.07) is 4.40. The average Bonchev–Trinajstić information content (AvgIpc) is 3.09. The summed E-state index contributed by atoms with van der Waals surface area (Å²) in [5.41, 5.74) is 1.93. The molecule has 2 aromatic rings. The van der Waals surface area contributed by atoms with Crippen molar-refractivity contribution in [2.75, 3.05) is 12.4 Å². The fourth-order valence-electron chi connectivity index (χ4n) is 4.19. The number of amides is 1. The van der Waals surface area contributed by atoms with Gasteiger partial charge in [0.1, 0.15) is 5.00 Å². The van der Waals surface area contributed by atoms with Crippen molar-refractivity contribution in [2.24, 2.45) is 11.3 Å². The maximum Gasteiger partial charge on any atom is 0.341 e. The Hall–Kier alpha value is -2.74. The molecule has 166 valence electrons. The minimum atomic E-state index is -0.508. The number of nitro groups is 1. The highest BCUT2D eigenvalue weighted by Crippen LogP contribution is 2.45. The second kappa shape index (κ2) is 8.78. The van der Waals surface area contributed by atoms with Crippen LogP contribution in [0, 0.1) is 28.4 Å². The van der Waals surface area contributed by atoms with E-state index in [9.17, 15) is 19.7 Å². The van der Waals surface area contributed by atoms with E-state index >= 15 is 0 Å². The van der Waals surface area contributed by atoms with Gasteiger partial charge in [-0.05, 0) is 49.1 Å². The molecule has 3 rings (SSSR count). The lowest BCUT2D eigenvalue weighted by Gasteiger charge is -2.36. The molecule has 1 aliphatic carbocycles. The van der Waals surface area contributed by atoms with Crippen LogP contribution in [0.2, 0.25) is 0 Å². The minimum absolute atomic E-state index is 0.115. The van der Waals surface area contributed by atoms with Gasteiger partial charge in [0.05, 0.1) is 17.6 Å². The van der Waals surface area contributed by atoms with Crippen LogP contribution < -0.4 is 5.32 Å². The molecule has 1 unspecified atom stereocenters. The monoisotopic (exact) mass is 444 g/mol. The van der Waals surface area contributed by atoms with Crippen LogP contribution in [0.1, 0.15) is 70.3 Å². The molecule has 31 heavy (non-hydrogen) atoms. The molecule has 8 heteroatoms. The Morgan fingerprint density at radius 2 is 2.06 bits per heavy atom. The van der Waals surface area contributed by atoms with Gasteiger partial charge in [-0.1, -0.05) is 33.3 Å². The first-order chi connectivity index (χ1) is 14.6. The van der Waals surface area contributed by atoms with Crippen molar-refractivity contribution >= 4 is 33.9 Å². The van der Waals surface area contributed by atoms with Gasteiger partial charge in [-0.3, -0.25) is 14.9 Å². The summed E-state index contributed by atoms with van der Waals surface area (Å²) in [6.45, 7) is 8.28. The van der Waals surface area contributed by atoms with E-state index in [1.165, 1.54) is 30.6 Å². The number of hydrogen-bond acceptors (Lipinski definition) is 6. The van der Waals surface area contributed by atoms with Gasteiger partial charge >= 0.3 is 5.97 Å². The lowest BCUT2D eigenvalue weighted by molar-refractivity contribution is -0.385. The van der Waals surface area contributed by atoms with Crippen LogP contribution in [0.3, 0.4) is 0 Å². The molecule has 1 amide bonds. The number of nitro benzene ring substituents is 1. The Balaban J connectivity index is 1.97. The molecular formula is C23H28N2O5S. The Morgan fingerprint density at radius 1 is 1.35 bits per heavy atom. The fraction of sp³-hybridized carbons (Fsp3) is 0.478. The summed E-state index contributed by atoms with van der Waals surface area (Å²) >= 11 is 1.41. The molecule has 0 spiro atoms. The van der Waals surface area contributed by atoms with Crippen LogP contribution in [0.4, 0.5) is 10.7 Å². The number of esters is 1. The summed E-state index contributed by atoms with van der Waals surface area (Å²) < 4.78 is 5.01. The number of methoxy groups -OCH3 is 1. The van der Waals surface area contributed by atoms with E-state index in [1.54, 1.807) is 13.0 Å². The molecule has 1 aromatic heterocycles. The second-order valence-corrected chi connectivity index (χ2v) is 9.75. The van der Waals surface area contributed by atoms with Crippen LogP contribution in [0.15, 0.2) is 18.2 Å². The number of ether oxygens (including phenoxy) is 1. The molecule has 1 aliphatic rings. The third kappa shape index (κ3) is 4.35. The van der Waals surface area contributed by atoms with Crippen molar-refractivity contribution in [1.29, 1.82) is 0 Å². The highest BCUT2D eigenvalue weighted by atomic mass is 32.1. The summed E-state index contributed by atoms with van der Waals surface area (Å²) in [5.74, 6) is -0.455. The molecule has 0 saturated heterocycles. The maximum atomic E-state index is 13.0. The standard InChI is InChI=1S/C23H28N2O5S/c1-6-23(3,4)14-10-11-16-18(12-14)31-21(19(16)22(27)30-5)24-20(26)15-8-7-9-17(13(15)2)25(28)29/h7-9,14H,6,10-12H2,1-5H3,(H,24,26). The SMILES string of the molecule is CCC(C)(C)C1CCc2c(sc(NC(=O)c3cccc([N+](=O)[O-])c3C)c2C(=O)OC)C1. The number of nitrogens with one attached hydrogen (secondary N) is 1. The molecule has 7 nitrogen and oxygen atoms in total. The van der Waals surface area contributed by atoms with Crippen LogP contribution >= 0.6 is 11.3 Å². The summed E-state index contributed by atoms with van der Waals surface area (Å²) in [4.78, 5) is 37.4. The highest BCUT2D eigenvalue weighted by Gasteiger charge is 2.35. The van der Waals surface area contributed by atoms with Gasteiger partial charge in [0.2, 0.25) is 0 Å². The van der Waals surface area contributed by atoms with Crippen LogP contribution in [0.25, 0.3) is 0 Å². The van der Waals surface area contributed by atoms with E-state index in [0.717, 1.165) is 36.1 Å². The average molecular weight is 445 g/mol. The van der Waals surface area contributed by atoms with E-state index in [0.29, 0.717) is 16.5 Å². The van der Waals surface area contributed by atoms with Crippen molar-refractivity contribution in [1.82, 2.24) is 0 Å². The number of anilines is 1. The zero-order valence-electron chi connectivity index (χ0n) is 18.5. The topological polar surface area (TPSA) is 98.5 Å². The maximum absolute atomic E-state index is 13.0. The smallest absolute Gasteiger partial charge is 0.341 e. The Morgan fingerprint density at radius 3 is 2.68 bits per heavy atom. The van der Waals surface area contributed by atoms with E-state index < -0.39 is 16.8 Å². The molecule has 1 aromatic carbocycles. The molecule has 0 fully saturated rings. The molecule has 1 atom stereocenters. The van der Waals surface area contributed by atoms with Crippen molar-refractivity contribution < 1.29 is 19.2 Å². The lowest BCUT2D eigenvalue weighted by atomic mass is 9.69. The summed E-state index contributed by atoms with van der Waals surface area (Å²) in [6.07, 6.45) is 3.66. The Kier molecular flexibility index (Phi) is 6.50. The lowest BCUT2D eigenvalue weighted by Crippen LogP contribution is -2.28. The van der Waals surface area contributed by atoms with Gasteiger partial charge in [-0.25, -0.2) is 4.79 Å². The highest BCUT2D eigenvalue weighted by molar-refractivity contribution is 7.17. The van der Waals surface area contributed by atoms with Crippen LogP contribution in [-0.2, 0) is 17.6 Å². The van der Waals surface area contributed by atoms with Crippen molar-refractivity contribution in [3.8, 4) is 0 Å². The van der Waals surface area contributed by atoms with Crippen LogP contribution in [-0.4, -0.2) is 23.9 Å². The van der Waals surface area contributed by atoms with E-state index in [-0.39, 0.29) is 22.2 Å². The molecule has 0 aliphatic heterocycles. The number of nitrogens with zero attached hydrogens (tertiary/aromatic N) is 1. The molecule has 1 heterocycles. The number of carbonyl (C=O) groups excluding carboxylic acids is 2. The quantitative estimate of drug-likeness (QED) is 0.358. The molecule has 0 saturated carbocycles. The van der Waals surface area contributed by atoms with E-state index in [2.05, 4.69) is 26.1 Å². The predicted molar refractivity (Wildman–Crippen MR) is 121 cm³/mol. The molecule has 0 bridgehead atoms. The van der Waals surface area contributed by atoms with Gasteiger partial charge in [0.25, 0.3) is 11.6 Å². The Labute approximate surface area is 186 Å². The number of carbonyl (C=O) groups is 2. The normalized spacial score (nSPS) is 15.8. The van der Waals surface area contributed by atoms with Gasteiger partial charge < -0.3 is 10.1 Å². The van der Waals surface area contributed by atoms with E-state index in [1.807, 2.05) is 0 Å². The molecule has 1 N–H and O–H groups in total. The zero-order valence-corrected chi connectivity index (χ0v) is 19.4. The number of benzene rings is 1. The molecule has 0 radical (unpaired) electrons. The van der Waals surface area contributed by atoms with Crippen molar-refractivity contribution in [3.63, 3.8) is 0 Å². The van der Waals surface area contributed by atoms with Gasteiger partial charge in [0, 0.05) is 22.1 Å².